The molecule has 0 radical (unpaired) electrons. The Morgan fingerprint density at radius 1 is 1.26 bits per heavy atom. The van der Waals surface area contributed by atoms with Crippen LogP contribution in [0.3, 0.4) is 0 Å². The van der Waals surface area contributed by atoms with Crippen LogP contribution in [0.1, 0.15) is 45.6 Å². The van der Waals surface area contributed by atoms with E-state index in [4.69, 9.17) is 0 Å². The SMILES string of the molecule is CC1(C)[C@]2(C(=O)N/N=C\c3ccc(O)cc3)CC[C@]1(C)[C@@H](O)C2. The van der Waals surface area contributed by atoms with E-state index in [0.29, 0.717) is 6.42 Å². The van der Waals surface area contributed by atoms with Crippen LogP contribution in [-0.4, -0.2) is 28.4 Å². The molecule has 2 aliphatic rings. The van der Waals surface area contributed by atoms with E-state index in [1.54, 1.807) is 30.5 Å². The van der Waals surface area contributed by atoms with Crippen LogP contribution in [0.5, 0.6) is 5.75 Å². The van der Waals surface area contributed by atoms with Gasteiger partial charge in [-0.1, -0.05) is 20.8 Å². The molecule has 0 aromatic heterocycles. The van der Waals surface area contributed by atoms with E-state index in [0.717, 1.165) is 18.4 Å². The molecule has 2 aliphatic carbocycles. The number of carbonyl (C=O) groups excluding carboxylic acids is 1. The lowest BCUT2D eigenvalue weighted by Crippen LogP contribution is -2.45. The number of rotatable bonds is 3. The third-order valence-electron chi connectivity index (χ3n) is 6.68. The molecule has 3 atom stereocenters. The number of nitrogens with one attached hydrogen (secondary N) is 1. The average molecular weight is 316 g/mol. The molecule has 0 spiro atoms. The van der Waals surface area contributed by atoms with Crippen molar-refractivity contribution in [2.75, 3.05) is 0 Å². The Hall–Kier alpha value is -1.88. The lowest BCUT2D eigenvalue weighted by molar-refractivity contribution is -0.136. The van der Waals surface area contributed by atoms with Crippen molar-refractivity contribution in [3.8, 4) is 5.75 Å². The van der Waals surface area contributed by atoms with Crippen LogP contribution >= 0.6 is 0 Å². The Morgan fingerprint density at radius 3 is 2.43 bits per heavy atom. The number of fused-ring (bicyclic) bond motifs is 2. The van der Waals surface area contributed by atoms with Crippen molar-refractivity contribution in [2.45, 2.75) is 46.1 Å². The average Bonchev–Trinajstić information content (AvgIpc) is 2.79. The van der Waals surface area contributed by atoms with Gasteiger partial charge in [-0.3, -0.25) is 4.79 Å². The minimum atomic E-state index is -0.562. The number of phenols is 1. The summed E-state index contributed by atoms with van der Waals surface area (Å²) in [5.74, 6) is 0.0785. The summed E-state index contributed by atoms with van der Waals surface area (Å²) in [6, 6.07) is 6.58. The third-order valence-corrected chi connectivity index (χ3v) is 6.68. The molecule has 5 heteroatoms. The van der Waals surface area contributed by atoms with Crippen molar-refractivity contribution in [1.82, 2.24) is 5.43 Å². The molecule has 0 unspecified atom stereocenters. The maximum atomic E-state index is 12.8. The lowest BCUT2D eigenvalue weighted by atomic mass is 9.64. The fourth-order valence-electron chi connectivity index (χ4n) is 4.46. The van der Waals surface area contributed by atoms with Crippen molar-refractivity contribution < 1.29 is 15.0 Å². The number of benzene rings is 1. The Morgan fingerprint density at radius 2 is 1.91 bits per heavy atom. The summed E-state index contributed by atoms with van der Waals surface area (Å²) in [6.07, 6.45) is 3.25. The highest BCUT2D eigenvalue weighted by Crippen LogP contribution is 2.72. The first-order valence-electron chi connectivity index (χ1n) is 8.04. The molecule has 0 aliphatic heterocycles. The molecule has 1 aromatic carbocycles. The van der Waals surface area contributed by atoms with Gasteiger partial charge in [0.2, 0.25) is 5.91 Å². The van der Waals surface area contributed by atoms with Crippen molar-refractivity contribution in [3.05, 3.63) is 29.8 Å². The number of aromatic hydroxyl groups is 1. The second kappa shape index (κ2) is 5.06. The van der Waals surface area contributed by atoms with Gasteiger partial charge < -0.3 is 10.2 Å². The summed E-state index contributed by atoms with van der Waals surface area (Å²) in [5, 5.41) is 23.7. The van der Waals surface area contributed by atoms with Gasteiger partial charge in [0.05, 0.1) is 17.7 Å². The van der Waals surface area contributed by atoms with E-state index in [1.165, 1.54) is 0 Å². The molecule has 124 valence electrons. The van der Waals surface area contributed by atoms with E-state index >= 15 is 0 Å². The number of nitrogens with zero attached hydrogens (tertiary/aromatic N) is 1. The largest absolute Gasteiger partial charge is 0.508 e. The number of aliphatic hydroxyl groups excluding tert-OH is 1. The summed E-state index contributed by atoms with van der Waals surface area (Å²) >= 11 is 0. The second-order valence-electron chi connectivity index (χ2n) is 7.64. The highest BCUT2D eigenvalue weighted by Gasteiger charge is 2.72. The highest BCUT2D eigenvalue weighted by molar-refractivity contribution is 5.87. The van der Waals surface area contributed by atoms with Gasteiger partial charge in [-0.15, -0.1) is 0 Å². The van der Waals surface area contributed by atoms with Crippen LogP contribution in [0.25, 0.3) is 0 Å². The molecular weight excluding hydrogens is 292 g/mol. The van der Waals surface area contributed by atoms with E-state index < -0.39 is 11.5 Å². The summed E-state index contributed by atoms with van der Waals surface area (Å²) < 4.78 is 0. The number of amides is 1. The minimum absolute atomic E-state index is 0.113. The first-order valence-corrected chi connectivity index (χ1v) is 8.04. The van der Waals surface area contributed by atoms with Crippen LogP contribution in [0, 0.1) is 16.2 Å². The zero-order valence-corrected chi connectivity index (χ0v) is 13.8. The molecular formula is C18H24N2O3. The van der Waals surface area contributed by atoms with E-state index in [-0.39, 0.29) is 22.5 Å². The quantitative estimate of drug-likeness (QED) is 0.591. The fraction of sp³-hybridized carbons (Fsp3) is 0.556. The molecule has 0 heterocycles. The maximum absolute atomic E-state index is 12.8. The van der Waals surface area contributed by atoms with Crippen molar-refractivity contribution >= 4 is 12.1 Å². The molecule has 3 N–H and O–H groups in total. The van der Waals surface area contributed by atoms with Crippen LogP contribution in [0.15, 0.2) is 29.4 Å². The molecule has 0 saturated heterocycles. The first-order chi connectivity index (χ1) is 10.7. The number of aliphatic hydroxyl groups is 1. The molecule has 2 bridgehead atoms. The molecule has 1 aromatic rings. The van der Waals surface area contributed by atoms with E-state index in [1.807, 2.05) is 0 Å². The number of hydrazone groups is 1. The molecule has 5 nitrogen and oxygen atoms in total. The van der Waals surface area contributed by atoms with Gasteiger partial charge in [0, 0.05) is 0 Å². The van der Waals surface area contributed by atoms with Crippen molar-refractivity contribution in [1.29, 1.82) is 0 Å². The van der Waals surface area contributed by atoms with E-state index in [9.17, 15) is 15.0 Å². The maximum Gasteiger partial charge on any atom is 0.246 e. The van der Waals surface area contributed by atoms with Crippen LogP contribution in [0.2, 0.25) is 0 Å². The summed E-state index contributed by atoms with van der Waals surface area (Å²) in [5.41, 5.74) is 2.40. The molecule has 1 amide bonds. The Kier molecular flexibility index (Phi) is 3.52. The van der Waals surface area contributed by atoms with Crippen LogP contribution in [0.4, 0.5) is 0 Å². The number of carbonyl (C=O) groups is 1. The lowest BCUT2D eigenvalue weighted by Gasteiger charge is -2.39. The molecule has 2 fully saturated rings. The summed E-state index contributed by atoms with van der Waals surface area (Å²) in [6.45, 7) is 6.25. The smallest absolute Gasteiger partial charge is 0.246 e. The topological polar surface area (TPSA) is 81.9 Å². The molecule has 2 saturated carbocycles. The number of phenolic OH excluding ortho intramolecular Hbond substituents is 1. The summed E-state index contributed by atoms with van der Waals surface area (Å²) in [7, 11) is 0. The number of hydrogen-bond acceptors (Lipinski definition) is 4. The Bertz CT molecular complexity index is 653. The molecule has 3 rings (SSSR count). The third kappa shape index (κ3) is 2.10. The van der Waals surface area contributed by atoms with Gasteiger partial charge in [-0.05, 0) is 59.9 Å². The number of hydrogen-bond donors (Lipinski definition) is 3. The standard InChI is InChI=1S/C18H24N2O3/c1-16(2)17(3)8-9-18(16,10-14(17)22)15(23)20-19-11-12-4-6-13(21)7-5-12/h4-7,11,14,21-22H,8-10H2,1-3H3,(H,20,23)/b19-11-/t14-,17+,18+/m0/s1. The van der Waals surface area contributed by atoms with Gasteiger partial charge in [0.25, 0.3) is 0 Å². The van der Waals surface area contributed by atoms with Crippen molar-refractivity contribution in [2.24, 2.45) is 21.3 Å². The van der Waals surface area contributed by atoms with Crippen molar-refractivity contribution in [3.63, 3.8) is 0 Å². The summed E-state index contributed by atoms with van der Waals surface area (Å²) in [4.78, 5) is 12.8. The fourth-order valence-corrected chi connectivity index (χ4v) is 4.46. The minimum Gasteiger partial charge on any atom is -0.508 e. The van der Waals surface area contributed by atoms with Gasteiger partial charge in [0.1, 0.15) is 5.75 Å². The Balaban J connectivity index is 1.75. The van der Waals surface area contributed by atoms with E-state index in [2.05, 4.69) is 31.3 Å². The molecule has 23 heavy (non-hydrogen) atoms. The monoisotopic (exact) mass is 316 g/mol. The van der Waals surface area contributed by atoms with Crippen LogP contribution in [-0.2, 0) is 4.79 Å². The zero-order valence-electron chi connectivity index (χ0n) is 13.8. The second-order valence-corrected chi connectivity index (χ2v) is 7.64. The highest BCUT2D eigenvalue weighted by atomic mass is 16.3. The van der Waals surface area contributed by atoms with Gasteiger partial charge >= 0.3 is 0 Å². The van der Waals surface area contributed by atoms with Gasteiger partial charge in [-0.25, -0.2) is 5.43 Å². The van der Waals surface area contributed by atoms with Gasteiger partial charge in [0.15, 0.2) is 0 Å². The van der Waals surface area contributed by atoms with Gasteiger partial charge in [-0.2, -0.15) is 5.10 Å². The zero-order chi connectivity index (χ0) is 16.9. The van der Waals surface area contributed by atoms with Crippen LogP contribution < -0.4 is 5.43 Å². The predicted molar refractivity (Wildman–Crippen MR) is 88.0 cm³/mol. The Labute approximate surface area is 136 Å². The normalized spacial score (nSPS) is 34.9. The predicted octanol–water partition coefficient (Wildman–Crippen LogP) is 2.42. The first kappa shape index (κ1) is 16.0.